The van der Waals surface area contributed by atoms with E-state index in [1.54, 1.807) is 30.3 Å². The van der Waals surface area contributed by atoms with Crippen LogP contribution in [0.1, 0.15) is 58.4 Å². The van der Waals surface area contributed by atoms with Crippen molar-refractivity contribution in [3.05, 3.63) is 88.3 Å². The number of fused-ring (bicyclic) bond motifs is 2. The van der Waals surface area contributed by atoms with Crippen LogP contribution in [0.25, 0.3) is 22.3 Å². The van der Waals surface area contributed by atoms with E-state index in [1.807, 2.05) is 32.0 Å². The molecule has 0 amide bonds. The lowest BCUT2D eigenvalue weighted by Gasteiger charge is -2.19. The fourth-order valence-corrected chi connectivity index (χ4v) is 6.15. The number of alkyl halides is 3. The van der Waals surface area contributed by atoms with Crippen molar-refractivity contribution in [1.29, 1.82) is 0 Å². The Morgan fingerprint density at radius 3 is 2.37 bits per heavy atom. The Morgan fingerprint density at radius 1 is 1.00 bits per heavy atom. The molecule has 1 aliphatic heterocycles. The van der Waals surface area contributed by atoms with Crippen molar-refractivity contribution in [3.63, 3.8) is 0 Å². The molecule has 6 nitrogen and oxygen atoms in total. The van der Waals surface area contributed by atoms with Crippen LogP contribution < -0.4 is 9.47 Å². The van der Waals surface area contributed by atoms with E-state index in [0.29, 0.717) is 54.4 Å². The summed E-state index contributed by atoms with van der Waals surface area (Å²) in [5.41, 5.74) is 4.91. The van der Waals surface area contributed by atoms with Crippen LogP contribution in [0.5, 0.6) is 11.5 Å². The lowest BCUT2D eigenvalue weighted by atomic mass is 9.89. The van der Waals surface area contributed by atoms with Gasteiger partial charge in [0.15, 0.2) is 0 Å². The number of aliphatic carboxylic acids is 1. The minimum Gasteiger partial charge on any atom is -0.493 e. The van der Waals surface area contributed by atoms with Gasteiger partial charge in [-0.25, -0.2) is 0 Å². The minimum absolute atomic E-state index is 0.00312. The lowest BCUT2D eigenvalue weighted by molar-refractivity contribution is -0.138. The minimum atomic E-state index is -4.50. The molecule has 1 aliphatic carbocycles. The number of carbonyl (C=O) groups is 1. The molecule has 2 atom stereocenters. The molecule has 1 unspecified atom stereocenters. The van der Waals surface area contributed by atoms with Gasteiger partial charge >= 0.3 is 12.1 Å². The first-order valence-corrected chi connectivity index (χ1v) is 13.5. The van der Waals surface area contributed by atoms with Crippen molar-refractivity contribution >= 4 is 5.97 Å². The second-order valence-electron chi connectivity index (χ2n) is 10.7. The van der Waals surface area contributed by atoms with Gasteiger partial charge in [0.05, 0.1) is 30.9 Å². The highest BCUT2D eigenvalue weighted by Crippen LogP contribution is 2.46. The molecule has 0 bridgehead atoms. The summed E-state index contributed by atoms with van der Waals surface area (Å²) >= 11 is 0. The summed E-state index contributed by atoms with van der Waals surface area (Å²) in [6.45, 7) is 4.26. The van der Waals surface area contributed by atoms with E-state index in [-0.39, 0.29) is 23.8 Å². The Balaban J connectivity index is 1.26. The quantitative estimate of drug-likeness (QED) is 0.248. The van der Waals surface area contributed by atoms with Gasteiger partial charge in [-0.1, -0.05) is 41.6 Å². The fourth-order valence-electron chi connectivity index (χ4n) is 6.15. The van der Waals surface area contributed by atoms with Gasteiger partial charge in [0, 0.05) is 29.0 Å². The van der Waals surface area contributed by atoms with Crippen LogP contribution in [-0.2, 0) is 17.4 Å². The first-order chi connectivity index (χ1) is 19.6. The van der Waals surface area contributed by atoms with Crippen molar-refractivity contribution in [3.8, 4) is 33.8 Å². The van der Waals surface area contributed by atoms with Crippen LogP contribution in [0.4, 0.5) is 13.2 Å². The van der Waals surface area contributed by atoms with E-state index in [2.05, 4.69) is 5.16 Å². The molecule has 0 radical (unpaired) electrons. The third kappa shape index (κ3) is 5.05. The number of benzene rings is 3. The van der Waals surface area contributed by atoms with Crippen LogP contribution >= 0.6 is 0 Å². The summed E-state index contributed by atoms with van der Waals surface area (Å²) in [7, 11) is 0. The highest BCUT2D eigenvalue weighted by atomic mass is 19.4. The van der Waals surface area contributed by atoms with Crippen LogP contribution in [-0.4, -0.2) is 29.4 Å². The number of hydrogen-bond donors (Lipinski definition) is 1. The molecule has 3 aromatic carbocycles. The average molecular weight is 564 g/mol. The molecule has 1 N–H and O–H groups in total. The molecule has 0 saturated heterocycles. The second-order valence-corrected chi connectivity index (χ2v) is 10.7. The molecule has 0 spiro atoms. The van der Waals surface area contributed by atoms with Gasteiger partial charge in [0.25, 0.3) is 0 Å². The zero-order chi connectivity index (χ0) is 28.9. The maximum Gasteiger partial charge on any atom is 0.417 e. The van der Waals surface area contributed by atoms with E-state index >= 15 is 0 Å². The molecule has 6 rings (SSSR count). The Hall–Kier alpha value is -4.27. The first-order valence-electron chi connectivity index (χ1n) is 13.5. The molecule has 0 saturated carbocycles. The molecule has 212 valence electrons. The summed E-state index contributed by atoms with van der Waals surface area (Å²) in [6, 6.07) is 15.2. The molecular formula is C32H28F3NO5. The number of ether oxygens (including phenoxy) is 2. The average Bonchev–Trinajstić information content (AvgIpc) is 3.63. The topological polar surface area (TPSA) is 81.8 Å². The highest BCUT2D eigenvalue weighted by Gasteiger charge is 2.38. The van der Waals surface area contributed by atoms with Crippen molar-refractivity contribution in [2.24, 2.45) is 0 Å². The predicted molar refractivity (Wildman–Crippen MR) is 145 cm³/mol. The molecule has 2 aliphatic rings. The number of aromatic nitrogens is 1. The third-order valence-electron chi connectivity index (χ3n) is 8.07. The predicted octanol–water partition coefficient (Wildman–Crippen LogP) is 7.70. The highest BCUT2D eigenvalue weighted by molar-refractivity contribution is 5.77. The lowest BCUT2D eigenvalue weighted by Crippen LogP contribution is -2.11. The summed E-state index contributed by atoms with van der Waals surface area (Å²) in [5.74, 6) is 0.702. The zero-order valence-corrected chi connectivity index (χ0v) is 22.5. The molecule has 9 heteroatoms. The molecule has 0 fully saturated rings. The van der Waals surface area contributed by atoms with Crippen LogP contribution in [0.15, 0.2) is 59.1 Å². The van der Waals surface area contributed by atoms with Crippen molar-refractivity contribution in [2.45, 2.75) is 51.1 Å². The number of aryl methyl sites for hydroxylation is 2. The van der Waals surface area contributed by atoms with Gasteiger partial charge in [0.1, 0.15) is 17.3 Å². The third-order valence-corrected chi connectivity index (χ3v) is 8.07. The number of halogens is 3. The SMILES string of the molecule is Cc1noc(C)c1-c1ccc(-c2c(C(F)(F)F)ccc3c2CCC3COc2ccc3c(c2)OC[C@H]3CC(=O)O)cc1. The van der Waals surface area contributed by atoms with Crippen molar-refractivity contribution in [2.75, 3.05) is 13.2 Å². The smallest absolute Gasteiger partial charge is 0.417 e. The Labute approximate surface area is 234 Å². The molecule has 41 heavy (non-hydrogen) atoms. The Morgan fingerprint density at radius 2 is 1.71 bits per heavy atom. The van der Waals surface area contributed by atoms with Gasteiger partial charge < -0.3 is 19.1 Å². The first kappa shape index (κ1) is 26.9. The van der Waals surface area contributed by atoms with Gasteiger partial charge in [0.2, 0.25) is 0 Å². The maximum absolute atomic E-state index is 14.2. The Kier molecular flexibility index (Phi) is 6.76. The monoisotopic (exact) mass is 563 g/mol. The number of nitrogens with zero attached hydrogens (tertiary/aromatic N) is 1. The maximum atomic E-state index is 14.2. The van der Waals surface area contributed by atoms with Gasteiger partial charge in [-0.05, 0) is 66.6 Å². The molecular weight excluding hydrogens is 535 g/mol. The normalized spacial score (nSPS) is 17.7. The van der Waals surface area contributed by atoms with Crippen molar-refractivity contribution < 1.29 is 37.1 Å². The van der Waals surface area contributed by atoms with E-state index in [4.69, 9.17) is 19.1 Å². The molecule has 4 aromatic rings. The summed E-state index contributed by atoms with van der Waals surface area (Å²) in [4.78, 5) is 11.1. The summed E-state index contributed by atoms with van der Waals surface area (Å²) < 4.78 is 59.6. The number of rotatable bonds is 7. The van der Waals surface area contributed by atoms with Crippen LogP contribution in [0.3, 0.4) is 0 Å². The van der Waals surface area contributed by atoms with Gasteiger partial charge in [-0.2, -0.15) is 13.2 Å². The van der Waals surface area contributed by atoms with Gasteiger partial charge in [-0.15, -0.1) is 0 Å². The number of carboxylic acids is 1. The largest absolute Gasteiger partial charge is 0.493 e. The summed E-state index contributed by atoms with van der Waals surface area (Å²) in [5, 5.41) is 13.1. The van der Waals surface area contributed by atoms with E-state index in [9.17, 15) is 18.0 Å². The van der Waals surface area contributed by atoms with Crippen LogP contribution in [0.2, 0.25) is 0 Å². The fraction of sp³-hybridized carbons (Fsp3) is 0.312. The van der Waals surface area contributed by atoms with Crippen LogP contribution in [0, 0.1) is 13.8 Å². The second kappa shape index (κ2) is 10.3. The van der Waals surface area contributed by atoms with E-state index in [0.717, 1.165) is 27.9 Å². The summed E-state index contributed by atoms with van der Waals surface area (Å²) in [6.07, 6.45) is -3.32. The standard InChI is InChI=1S/C32H28F3NO5/c1-17-30(18(2)41-36-17)19-3-5-20(6-4-19)31-26-9-7-21(24(26)11-12-27(31)32(33,34)35)15-39-23-8-10-25-22(13-29(37)38)16-40-28(25)14-23/h3-6,8,10-12,14,21-22H,7,9,13,15-16H2,1-2H3,(H,37,38)/t21?,22-/m1/s1. The molecule has 2 heterocycles. The van der Waals surface area contributed by atoms with E-state index < -0.39 is 17.7 Å². The van der Waals surface area contributed by atoms with E-state index in [1.165, 1.54) is 6.07 Å². The molecule has 1 aromatic heterocycles. The Bertz CT molecular complexity index is 1600. The van der Waals surface area contributed by atoms with Gasteiger partial charge in [-0.3, -0.25) is 4.79 Å². The number of hydrogen-bond acceptors (Lipinski definition) is 5. The number of carboxylic acid groups (broad SMARTS) is 1. The van der Waals surface area contributed by atoms with Crippen molar-refractivity contribution in [1.82, 2.24) is 5.16 Å². The zero-order valence-electron chi connectivity index (χ0n) is 22.5.